The highest BCUT2D eigenvalue weighted by Gasteiger charge is 2.16. The maximum atomic E-state index is 12.4. The van der Waals surface area contributed by atoms with Crippen molar-refractivity contribution in [1.82, 2.24) is 14.9 Å². The smallest absolute Gasteiger partial charge is 0.409 e. The number of fused-ring (bicyclic) bond motifs is 1. The van der Waals surface area contributed by atoms with E-state index in [1.807, 2.05) is 0 Å². The Kier molecular flexibility index (Phi) is 4.44. The fourth-order valence-electron chi connectivity index (χ4n) is 1.93. The molecule has 2 aromatic rings. The highest BCUT2D eigenvalue weighted by molar-refractivity contribution is 5.85. The number of nitrogens with zero attached hydrogens (tertiary/aromatic N) is 2. The van der Waals surface area contributed by atoms with E-state index < -0.39 is 17.3 Å². The first-order valence-electron chi connectivity index (χ1n) is 6.94. The van der Waals surface area contributed by atoms with Gasteiger partial charge in [0.25, 0.3) is 5.56 Å². The fraction of sp³-hybridized carbons (Fsp3) is 0.400. The molecule has 1 amide bonds. The third kappa shape index (κ3) is 3.91. The lowest BCUT2D eigenvalue weighted by atomic mass is 10.2. The molecule has 23 heavy (non-hydrogen) atoms. The molecule has 0 bridgehead atoms. The molecule has 0 radical (unpaired) electrons. The van der Waals surface area contributed by atoms with Crippen LogP contribution in [0.2, 0.25) is 0 Å². The van der Waals surface area contributed by atoms with Crippen LogP contribution >= 0.6 is 0 Å². The lowest BCUT2D eigenvalue weighted by Crippen LogP contribution is -2.36. The van der Waals surface area contributed by atoms with Crippen LogP contribution in [0.3, 0.4) is 0 Å². The van der Waals surface area contributed by atoms with Crippen LogP contribution < -0.4 is 15.6 Å². The molecular weight excluding hydrogens is 302 g/mol. The maximum Gasteiger partial charge on any atom is 0.409 e. The largest absolute Gasteiger partial charge is 0.507 e. The summed E-state index contributed by atoms with van der Waals surface area (Å²) in [5, 5.41) is 12.5. The zero-order valence-corrected chi connectivity index (χ0v) is 13.4. The van der Waals surface area contributed by atoms with Gasteiger partial charge in [0, 0.05) is 12.1 Å². The van der Waals surface area contributed by atoms with E-state index in [4.69, 9.17) is 9.47 Å². The second-order valence-electron chi connectivity index (χ2n) is 5.90. The van der Waals surface area contributed by atoms with Crippen molar-refractivity contribution in [2.24, 2.45) is 0 Å². The van der Waals surface area contributed by atoms with Gasteiger partial charge in [-0.05, 0) is 20.8 Å². The molecule has 0 aliphatic rings. The molecule has 1 heterocycles. The van der Waals surface area contributed by atoms with Crippen molar-refractivity contribution < 1.29 is 19.4 Å². The van der Waals surface area contributed by atoms with Gasteiger partial charge in [-0.2, -0.15) is 0 Å². The first kappa shape index (κ1) is 16.6. The predicted octanol–water partition coefficient (Wildman–Crippen LogP) is 1.59. The highest BCUT2D eigenvalue weighted by atomic mass is 16.6. The molecule has 0 aliphatic heterocycles. The standard InChI is InChI=1S/C15H19N3O5/c1-15(2,3)23-14(21)17-8-18-7-16-10-5-9(22-4)6-11(19)12(10)13(18)20/h5-7,19H,8H2,1-4H3,(H,17,21). The topological polar surface area (TPSA) is 103 Å². The van der Waals surface area contributed by atoms with Gasteiger partial charge < -0.3 is 19.9 Å². The summed E-state index contributed by atoms with van der Waals surface area (Å²) >= 11 is 0. The number of alkyl carbamates (subject to hydrolysis) is 1. The summed E-state index contributed by atoms with van der Waals surface area (Å²) in [4.78, 5) is 28.1. The van der Waals surface area contributed by atoms with Gasteiger partial charge in [-0.25, -0.2) is 9.78 Å². The van der Waals surface area contributed by atoms with Crippen molar-refractivity contribution in [1.29, 1.82) is 0 Å². The second kappa shape index (κ2) is 6.15. The number of benzene rings is 1. The molecule has 0 spiro atoms. The Morgan fingerprint density at radius 2 is 2.09 bits per heavy atom. The van der Waals surface area contributed by atoms with E-state index in [-0.39, 0.29) is 17.8 Å². The van der Waals surface area contributed by atoms with Crippen LogP contribution in [0.25, 0.3) is 10.9 Å². The Labute approximate surface area is 132 Å². The normalized spacial score (nSPS) is 11.3. The summed E-state index contributed by atoms with van der Waals surface area (Å²) in [5.74, 6) is 0.162. The zero-order chi connectivity index (χ0) is 17.2. The summed E-state index contributed by atoms with van der Waals surface area (Å²) in [6, 6.07) is 2.87. The van der Waals surface area contributed by atoms with E-state index in [0.29, 0.717) is 11.3 Å². The van der Waals surface area contributed by atoms with Gasteiger partial charge in [0.15, 0.2) is 0 Å². The van der Waals surface area contributed by atoms with Crippen LogP contribution in [0.1, 0.15) is 20.8 Å². The van der Waals surface area contributed by atoms with Crippen molar-refractivity contribution in [2.75, 3.05) is 7.11 Å². The monoisotopic (exact) mass is 321 g/mol. The Balaban J connectivity index is 2.26. The number of amides is 1. The summed E-state index contributed by atoms with van der Waals surface area (Å²) in [7, 11) is 1.45. The van der Waals surface area contributed by atoms with Gasteiger partial charge >= 0.3 is 6.09 Å². The molecule has 2 N–H and O–H groups in total. The molecule has 2 rings (SSSR count). The number of methoxy groups -OCH3 is 1. The van der Waals surface area contributed by atoms with Crippen molar-refractivity contribution in [3.8, 4) is 11.5 Å². The Hall–Kier alpha value is -2.77. The van der Waals surface area contributed by atoms with Crippen LogP contribution in [0, 0.1) is 0 Å². The minimum absolute atomic E-state index is 0.0549. The quantitative estimate of drug-likeness (QED) is 0.890. The number of hydrogen-bond acceptors (Lipinski definition) is 6. The predicted molar refractivity (Wildman–Crippen MR) is 83.6 cm³/mol. The second-order valence-corrected chi connectivity index (χ2v) is 5.90. The maximum absolute atomic E-state index is 12.4. The van der Waals surface area contributed by atoms with Gasteiger partial charge in [0.2, 0.25) is 0 Å². The van der Waals surface area contributed by atoms with E-state index in [0.717, 1.165) is 0 Å². The molecule has 0 fully saturated rings. The van der Waals surface area contributed by atoms with Crippen LogP contribution in [-0.2, 0) is 11.4 Å². The van der Waals surface area contributed by atoms with Crippen molar-refractivity contribution in [2.45, 2.75) is 33.0 Å². The van der Waals surface area contributed by atoms with Crippen molar-refractivity contribution in [3.63, 3.8) is 0 Å². The lowest BCUT2D eigenvalue weighted by Gasteiger charge is -2.19. The number of aromatic hydroxyl groups is 1. The van der Waals surface area contributed by atoms with E-state index in [9.17, 15) is 14.7 Å². The number of nitrogens with one attached hydrogen (secondary N) is 1. The minimum Gasteiger partial charge on any atom is -0.507 e. The number of phenolic OH excluding ortho intramolecular Hbond substituents is 1. The van der Waals surface area contributed by atoms with Crippen LogP contribution in [0.15, 0.2) is 23.3 Å². The molecule has 8 nitrogen and oxygen atoms in total. The molecule has 124 valence electrons. The molecule has 0 atom stereocenters. The number of aromatic nitrogens is 2. The van der Waals surface area contributed by atoms with Crippen molar-refractivity contribution >= 4 is 17.0 Å². The molecule has 0 saturated heterocycles. The summed E-state index contributed by atoms with van der Waals surface area (Å²) in [6.07, 6.45) is 0.629. The zero-order valence-electron chi connectivity index (χ0n) is 13.4. The number of ether oxygens (including phenoxy) is 2. The van der Waals surface area contributed by atoms with E-state index >= 15 is 0 Å². The first-order valence-corrected chi connectivity index (χ1v) is 6.94. The Morgan fingerprint density at radius 1 is 1.39 bits per heavy atom. The highest BCUT2D eigenvalue weighted by Crippen LogP contribution is 2.26. The van der Waals surface area contributed by atoms with E-state index in [2.05, 4.69) is 10.3 Å². The summed E-state index contributed by atoms with van der Waals surface area (Å²) < 4.78 is 11.3. The minimum atomic E-state index is -0.650. The average Bonchev–Trinajstić information content (AvgIpc) is 2.44. The third-order valence-corrected chi connectivity index (χ3v) is 2.91. The van der Waals surface area contributed by atoms with Crippen molar-refractivity contribution in [3.05, 3.63) is 28.8 Å². The van der Waals surface area contributed by atoms with Crippen LogP contribution in [0.4, 0.5) is 4.79 Å². The number of carbonyl (C=O) groups excluding carboxylic acids is 1. The average molecular weight is 321 g/mol. The lowest BCUT2D eigenvalue weighted by molar-refractivity contribution is 0.0510. The summed E-state index contributed by atoms with van der Waals surface area (Å²) in [6.45, 7) is 5.09. The van der Waals surface area contributed by atoms with E-state index in [1.165, 1.54) is 24.1 Å². The molecular formula is C15H19N3O5. The van der Waals surface area contributed by atoms with Gasteiger partial charge in [0.05, 0.1) is 19.0 Å². The number of phenols is 1. The SMILES string of the molecule is COc1cc(O)c2c(=O)n(CNC(=O)OC(C)(C)C)cnc2c1. The molecule has 0 saturated carbocycles. The van der Waals surface area contributed by atoms with E-state index in [1.54, 1.807) is 26.8 Å². The first-order chi connectivity index (χ1) is 10.7. The molecule has 0 unspecified atom stereocenters. The number of carbonyl (C=O) groups is 1. The number of rotatable bonds is 3. The van der Waals surface area contributed by atoms with Gasteiger partial charge in [-0.1, -0.05) is 0 Å². The van der Waals surface area contributed by atoms with Gasteiger partial charge in [-0.3, -0.25) is 9.36 Å². The van der Waals surface area contributed by atoms with Crippen LogP contribution in [-0.4, -0.2) is 33.5 Å². The molecule has 1 aromatic carbocycles. The third-order valence-electron chi connectivity index (χ3n) is 2.91. The van der Waals surface area contributed by atoms with Gasteiger partial charge in [0.1, 0.15) is 29.2 Å². The van der Waals surface area contributed by atoms with Crippen LogP contribution in [0.5, 0.6) is 11.5 Å². The fourth-order valence-corrected chi connectivity index (χ4v) is 1.93. The Morgan fingerprint density at radius 3 is 2.70 bits per heavy atom. The summed E-state index contributed by atoms with van der Waals surface area (Å²) in [5.41, 5.74) is -0.808. The molecule has 0 aliphatic carbocycles. The molecule has 1 aromatic heterocycles. The number of hydrogen-bond donors (Lipinski definition) is 2. The van der Waals surface area contributed by atoms with Gasteiger partial charge in [-0.15, -0.1) is 0 Å². The Bertz CT molecular complexity index is 792. The molecule has 8 heteroatoms.